The van der Waals surface area contributed by atoms with Crippen LogP contribution in [0.15, 0.2) is 90.0 Å². The summed E-state index contributed by atoms with van der Waals surface area (Å²) in [6, 6.07) is 18.3. The molecule has 0 aliphatic rings. The van der Waals surface area contributed by atoms with E-state index in [2.05, 4.69) is 4.98 Å². The number of carboxylic acids is 1. The Kier molecular flexibility index (Phi) is 7.19. The number of nitrogens with zero attached hydrogens (tertiary/aromatic N) is 2. The lowest BCUT2D eigenvalue weighted by atomic mass is 10.1. The molecule has 3 aromatic carbocycles. The second-order valence-corrected chi connectivity index (χ2v) is 10.2. The van der Waals surface area contributed by atoms with Gasteiger partial charge in [-0.05, 0) is 42.0 Å². The number of rotatable bonds is 8. The van der Waals surface area contributed by atoms with E-state index in [0.29, 0.717) is 16.5 Å². The SMILES string of the molecule is CN(Cc1ccc(OC(C(=O)O)c2cccc(C(F)(F)F)c2)cc1)S(=O)(=O)c1cccc2cccnc12. The maximum absolute atomic E-state index is 13.2. The van der Waals surface area contributed by atoms with Crippen LogP contribution in [-0.4, -0.2) is 35.8 Å². The van der Waals surface area contributed by atoms with Gasteiger partial charge >= 0.3 is 12.1 Å². The van der Waals surface area contributed by atoms with Gasteiger partial charge in [0.2, 0.25) is 16.1 Å². The fraction of sp³-hybridized carbons (Fsp3) is 0.154. The first kappa shape index (κ1) is 26.1. The summed E-state index contributed by atoms with van der Waals surface area (Å²) in [6.45, 7) is 0.00181. The second-order valence-electron chi connectivity index (χ2n) is 8.20. The molecule has 0 amide bonds. The standard InChI is InChI=1S/C26H21F3N2O5S/c1-31(37(34,35)22-9-3-5-18-7-4-14-30-23(18)22)16-17-10-12-21(13-11-17)36-24(25(32)33)19-6-2-8-20(15-19)26(27,28)29/h2-15,24H,16H2,1H3,(H,32,33). The first-order valence-electron chi connectivity index (χ1n) is 10.9. The second kappa shape index (κ2) is 10.2. The number of sulfonamides is 1. The van der Waals surface area contributed by atoms with Crippen molar-refractivity contribution in [1.29, 1.82) is 0 Å². The molecule has 0 aliphatic carbocycles. The van der Waals surface area contributed by atoms with E-state index in [1.807, 2.05) is 0 Å². The molecule has 0 aliphatic heterocycles. The maximum Gasteiger partial charge on any atom is 0.416 e. The van der Waals surface area contributed by atoms with Crippen molar-refractivity contribution in [2.24, 2.45) is 0 Å². The molecule has 37 heavy (non-hydrogen) atoms. The Morgan fingerprint density at radius 3 is 2.38 bits per heavy atom. The number of para-hydroxylation sites is 1. The largest absolute Gasteiger partial charge is 0.478 e. The Balaban J connectivity index is 1.51. The van der Waals surface area contributed by atoms with Crippen LogP contribution in [0.2, 0.25) is 0 Å². The number of fused-ring (bicyclic) bond motifs is 1. The molecule has 0 saturated heterocycles. The van der Waals surface area contributed by atoms with Gasteiger partial charge < -0.3 is 9.84 Å². The van der Waals surface area contributed by atoms with Crippen molar-refractivity contribution >= 4 is 26.9 Å². The van der Waals surface area contributed by atoms with E-state index in [4.69, 9.17) is 4.74 Å². The van der Waals surface area contributed by atoms with Crippen molar-refractivity contribution in [2.45, 2.75) is 23.7 Å². The summed E-state index contributed by atoms with van der Waals surface area (Å²) in [5, 5.41) is 10.2. The van der Waals surface area contributed by atoms with E-state index in [0.717, 1.165) is 22.5 Å². The average Bonchev–Trinajstić information content (AvgIpc) is 2.87. The van der Waals surface area contributed by atoms with Crippen molar-refractivity contribution < 1.29 is 36.2 Å². The lowest BCUT2D eigenvalue weighted by Gasteiger charge is -2.19. The van der Waals surface area contributed by atoms with E-state index in [-0.39, 0.29) is 22.8 Å². The highest BCUT2D eigenvalue weighted by molar-refractivity contribution is 7.89. The number of alkyl halides is 3. The van der Waals surface area contributed by atoms with Crippen LogP contribution in [0.25, 0.3) is 10.9 Å². The van der Waals surface area contributed by atoms with Gasteiger partial charge in [-0.3, -0.25) is 4.98 Å². The van der Waals surface area contributed by atoms with E-state index >= 15 is 0 Å². The summed E-state index contributed by atoms with van der Waals surface area (Å²) in [5.41, 5.74) is -0.214. The summed E-state index contributed by atoms with van der Waals surface area (Å²) in [5.74, 6) is -1.37. The average molecular weight is 531 g/mol. The van der Waals surface area contributed by atoms with Crippen LogP contribution in [0.5, 0.6) is 5.75 Å². The fourth-order valence-electron chi connectivity index (χ4n) is 3.74. The molecule has 0 bridgehead atoms. The monoisotopic (exact) mass is 530 g/mol. The Labute approximate surface area is 210 Å². The van der Waals surface area contributed by atoms with E-state index in [1.165, 1.54) is 37.5 Å². The number of pyridine rings is 1. The summed E-state index contributed by atoms with van der Waals surface area (Å²) in [4.78, 5) is 16.0. The van der Waals surface area contributed by atoms with Gasteiger partial charge in [0.1, 0.15) is 10.6 Å². The molecule has 0 saturated carbocycles. The number of carbonyl (C=O) groups is 1. The Bertz CT molecular complexity index is 1530. The zero-order valence-corrected chi connectivity index (χ0v) is 20.2. The number of hydrogen-bond acceptors (Lipinski definition) is 5. The van der Waals surface area contributed by atoms with Gasteiger partial charge in [0, 0.05) is 30.7 Å². The maximum atomic E-state index is 13.2. The molecule has 1 heterocycles. The molecule has 4 rings (SSSR count). The number of aromatic nitrogens is 1. The van der Waals surface area contributed by atoms with Gasteiger partial charge in [0.05, 0.1) is 11.1 Å². The quantitative estimate of drug-likeness (QED) is 0.333. The molecule has 1 atom stereocenters. The Morgan fingerprint density at radius 2 is 1.70 bits per heavy atom. The van der Waals surface area contributed by atoms with Gasteiger partial charge in [-0.15, -0.1) is 0 Å². The van der Waals surface area contributed by atoms with Crippen LogP contribution in [-0.2, 0) is 27.5 Å². The number of ether oxygens (including phenoxy) is 1. The van der Waals surface area contributed by atoms with Gasteiger partial charge in [-0.1, -0.05) is 42.5 Å². The van der Waals surface area contributed by atoms with Crippen LogP contribution in [0.4, 0.5) is 13.2 Å². The zero-order chi connectivity index (χ0) is 26.8. The number of hydrogen-bond donors (Lipinski definition) is 1. The first-order chi connectivity index (χ1) is 17.5. The molecule has 7 nitrogen and oxygen atoms in total. The molecule has 1 N–H and O–H groups in total. The van der Waals surface area contributed by atoms with E-state index in [1.54, 1.807) is 36.4 Å². The van der Waals surface area contributed by atoms with Crippen molar-refractivity contribution in [2.75, 3.05) is 7.05 Å². The fourth-order valence-corrected chi connectivity index (χ4v) is 5.06. The third kappa shape index (κ3) is 5.73. The lowest BCUT2D eigenvalue weighted by Crippen LogP contribution is -2.26. The van der Waals surface area contributed by atoms with Crippen molar-refractivity contribution in [3.8, 4) is 5.75 Å². The molecule has 1 unspecified atom stereocenters. The predicted octanol–water partition coefficient (Wildman–Crippen LogP) is 5.28. The molecule has 0 spiro atoms. The number of benzene rings is 3. The summed E-state index contributed by atoms with van der Waals surface area (Å²) >= 11 is 0. The third-order valence-corrected chi connectivity index (χ3v) is 7.44. The van der Waals surface area contributed by atoms with Crippen LogP contribution < -0.4 is 4.74 Å². The van der Waals surface area contributed by atoms with Crippen molar-refractivity contribution in [1.82, 2.24) is 9.29 Å². The normalized spacial score (nSPS) is 13.0. The summed E-state index contributed by atoms with van der Waals surface area (Å²) < 4.78 is 72.2. The molecule has 0 fully saturated rings. The molecular weight excluding hydrogens is 509 g/mol. The van der Waals surface area contributed by atoms with Crippen molar-refractivity contribution in [3.05, 3.63) is 102 Å². The number of carboxylic acid groups (broad SMARTS) is 1. The smallest absolute Gasteiger partial charge is 0.416 e. The van der Waals surface area contributed by atoms with Gasteiger partial charge in [0.15, 0.2) is 0 Å². The van der Waals surface area contributed by atoms with E-state index in [9.17, 15) is 31.5 Å². The van der Waals surface area contributed by atoms with Gasteiger partial charge in [-0.2, -0.15) is 17.5 Å². The minimum Gasteiger partial charge on any atom is -0.478 e. The predicted molar refractivity (Wildman–Crippen MR) is 129 cm³/mol. The molecule has 4 aromatic rings. The minimum absolute atomic E-state index is 0.00181. The Morgan fingerprint density at radius 1 is 1.03 bits per heavy atom. The lowest BCUT2D eigenvalue weighted by molar-refractivity contribution is -0.146. The zero-order valence-electron chi connectivity index (χ0n) is 19.4. The van der Waals surface area contributed by atoms with Crippen LogP contribution in [0, 0.1) is 0 Å². The molecule has 0 radical (unpaired) electrons. The minimum atomic E-state index is -4.63. The number of aliphatic carboxylic acids is 1. The van der Waals surface area contributed by atoms with Gasteiger partial charge in [-0.25, -0.2) is 13.2 Å². The Hall–Kier alpha value is -3.96. The highest BCUT2D eigenvalue weighted by Gasteiger charge is 2.32. The third-order valence-electron chi connectivity index (χ3n) is 5.61. The topological polar surface area (TPSA) is 96.8 Å². The first-order valence-corrected chi connectivity index (χ1v) is 12.4. The summed E-state index contributed by atoms with van der Waals surface area (Å²) in [7, 11) is -2.46. The number of halogens is 3. The van der Waals surface area contributed by atoms with Crippen LogP contribution >= 0.6 is 0 Å². The molecule has 192 valence electrons. The highest BCUT2D eigenvalue weighted by atomic mass is 32.2. The van der Waals surface area contributed by atoms with Crippen LogP contribution in [0.1, 0.15) is 22.8 Å². The highest BCUT2D eigenvalue weighted by Crippen LogP contribution is 2.32. The molecular formula is C26H21F3N2O5S. The van der Waals surface area contributed by atoms with Crippen LogP contribution in [0.3, 0.4) is 0 Å². The molecule has 11 heteroatoms. The molecule has 1 aromatic heterocycles. The summed E-state index contributed by atoms with van der Waals surface area (Å²) in [6.07, 6.45) is -4.78. The van der Waals surface area contributed by atoms with Crippen molar-refractivity contribution in [3.63, 3.8) is 0 Å². The van der Waals surface area contributed by atoms with Gasteiger partial charge in [0.25, 0.3) is 0 Å². The van der Waals surface area contributed by atoms with E-state index < -0.39 is 33.8 Å².